The summed E-state index contributed by atoms with van der Waals surface area (Å²) in [5, 5.41) is 15.0. The lowest BCUT2D eigenvalue weighted by molar-refractivity contribution is -0.121. The molecule has 0 saturated carbocycles. The van der Waals surface area contributed by atoms with Crippen LogP contribution in [0, 0.1) is 0 Å². The molecule has 1 aliphatic heterocycles. The second kappa shape index (κ2) is 12.2. The molecule has 4 aromatic rings. The fourth-order valence-electron chi connectivity index (χ4n) is 4.82. The number of nitrogens with zero attached hydrogens (tertiary/aromatic N) is 1. The van der Waals surface area contributed by atoms with E-state index in [0.717, 1.165) is 27.7 Å². The number of fused-ring (bicyclic) bond motifs is 3. The van der Waals surface area contributed by atoms with Gasteiger partial charge in [0.05, 0.1) is 0 Å². The van der Waals surface area contributed by atoms with Gasteiger partial charge in [-0.15, -0.1) is 0 Å². The first-order valence-corrected chi connectivity index (χ1v) is 13.8. The van der Waals surface area contributed by atoms with Gasteiger partial charge in [0, 0.05) is 46.2 Å². The van der Waals surface area contributed by atoms with Crippen LogP contribution in [0.5, 0.6) is 11.5 Å². The summed E-state index contributed by atoms with van der Waals surface area (Å²) in [7, 11) is 0. The predicted octanol–water partition coefficient (Wildman–Crippen LogP) is 5.89. The van der Waals surface area contributed by atoms with Crippen molar-refractivity contribution < 1.29 is 24.2 Å². The molecular weight excluding hydrogens is 553 g/mol. The molecule has 10 heteroatoms. The average molecular weight is 582 g/mol. The molecule has 5 rings (SSSR count). The lowest BCUT2D eigenvalue weighted by Crippen LogP contribution is -2.42. The highest BCUT2D eigenvalue weighted by Crippen LogP contribution is 2.40. The van der Waals surface area contributed by atoms with Gasteiger partial charge in [-0.3, -0.25) is 9.69 Å². The van der Waals surface area contributed by atoms with E-state index in [-0.39, 0.29) is 19.1 Å². The number of ether oxygens (including phenoxy) is 2. The zero-order valence-corrected chi connectivity index (χ0v) is 23.3. The van der Waals surface area contributed by atoms with E-state index >= 15 is 0 Å². The van der Waals surface area contributed by atoms with Gasteiger partial charge in [0.2, 0.25) is 5.91 Å². The van der Waals surface area contributed by atoms with Crippen molar-refractivity contribution in [3.8, 4) is 11.5 Å². The van der Waals surface area contributed by atoms with Crippen molar-refractivity contribution >= 4 is 46.1 Å². The minimum atomic E-state index is -0.840. The van der Waals surface area contributed by atoms with E-state index in [2.05, 4.69) is 10.3 Å². The van der Waals surface area contributed by atoms with Crippen molar-refractivity contribution in [2.45, 2.75) is 31.9 Å². The molecule has 2 atom stereocenters. The van der Waals surface area contributed by atoms with Crippen molar-refractivity contribution in [2.75, 3.05) is 19.7 Å². The topological polar surface area (TPSA) is 104 Å². The Morgan fingerprint density at radius 2 is 1.75 bits per heavy atom. The van der Waals surface area contributed by atoms with Gasteiger partial charge in [-0.25, -0.2) is 4.79 Å². The minimum Gasteiger partial charge on any atom is -0.491 e. The Morgan fingerprint density at radius 3 is 2.48 bits per heavy atom. The largest absolute Gasteiger partial charge is 0.491 e. The van der Waals surface area contributed by atoms with Crippen molar-refractivity contribution in [1.82, 2.24) is 15.2 Å². The van der Waals surface area contributed by atoms with Crippen molar-refractivity contribution in [1.29, 1.82) is 0 Å². The number of halogens is 2. The van der Waals surface area contributed by atoms with Crippen LogP contribution in [0.3, 0.4) is 0 Å². The van der Waals surface area contributed by atoms with Crippen molar-refractivity contribution in [2.24, 2.45) is 0 Å². The Morgan fingerprint density at radius 1 is 1.05 bits per heavy atom. The number of hydrogen-bond donors (Lipinski definition) is 3. The third-order valence-corrected chi connectivity index (χ3v) is 7.32. The number of aromatic nitrogens is 1. The molecule has 1 aliphatic rings. The molecule has 0 spiro atoms. The highest BCUT2D eigenvalue weighted by molar-refractivity contribution is 6.31. The number of carbonyl (C=O) groups is 2. The molecule has 3 N–H and O–H groups in total. The third kappa shape index (κ3) is 6.20. The lowest BCUT2D eigenvalue weighted by atomic mass is 9.92. The van der Waals surface area contributed by atoms with Crippen LogP contribution in [-0.4, -0.2) is 52.8 Å². The fraction of sp³-hybridized carbons (Fsp3) is 0.267. The molecule has 3 aromatic carbocycles. The summed E-state index contributed by atoms with van der Waals surface area (Å²) < 4.78 is 11.4. The summed E-state index contributed by atoms with van der Waals surface area (Å²) in [6, 6.07) is 19.3. The number of rotatable bonds is 8. The van der Waals surface area contributed by atoms with Gasteiger partial charge < -0.3 is 24.9 Å². The number of aliphatic hydroxyl groups excluding tert-OH is 1. The van der Waals surface area contributed by atoms with Crippen LogP contribution in [0.25, 0.3) is 10.9 Å². The summed E-state index contributed by atoms with van der Waals surface area (Å²) in [5.74, 6) is 0.827. The van der Waals surface area contributed by atoms with Crippen LogP contribution >= 0.6 is 23.2 Å². The van der Waals surface area contributed by atoms with E-state index in [9.17, 15) is 14.7 Å². The van der Waals surface area contributed by atoms with Gasteiger partial charge in [-0.1, -0.05) is 42.3 Å². The van der Waals surface area contributed by atoms with E-state index in [1.54, 1.807) is 48.2 Å². The lowest BCUT2D eigenvalue weighted by Gasteiger charge is -2.35. The first kappa shape index (κ1) is 27.8. The number of nitrogens with one attached hydrogen (secondary N) is 2. The van der Waals surface area contributed by atoms with Gasteiger partial charge in [0.15, 0.2) is 0 Å². The van der Waals surface area contributed by atoms with E-state index < -0.39 is 18.2 Å². The number of aromatic amines is 1. The van der Waals surface area contributed by atoms with E-state index in [1.807, 2.05) is 30.3 Å². The summed E-state index contributed by atoms with van der Waals surface area (Å²) in [6.45, 7) is 2.33. The second-order valence-electron chi connectivity index (χ2n) is 9.57. The zero-order valence-electron chi connectivity index (χ0n) is 21.8. The standard InChI is InChI=1S/C30H29Cl2N3O5/c1-2-27(37)33-16-21(36)17-39-22-8-3-18(4-9-22)29-28-24(25-15-20(32)7-12-26(25)34-28)13-14-35(29)30(38)40-23-10-5-19(31)6-11-23/h3-12,15,21,29,34,36H,2,13-14,16-17H2,1H3,(H,33,37)/t21?,29-/m0/s1. The first-order chi connectivity index (χ1) is 19.3. The number of hydrogen-bond acceptors (Lipinski definition) is 5. The number of benzene rings is 3. The summed E-state index contributed by atoms with van der Waals surface area (Å²) >= 11 is 12.3. The monoisotopic (exact) mass is 581 g/mol. The molecule has 1 unspecified atom stereocenters. The third-order valence-electron chi connectivity index (χ3n) is 6.84. The van der Waals surface area contributed by atoms with Gasteiger partial charge >= 0.3 is 6.09 Å². The average Bonchev–Trinajstić information content (AvgIpc) is 3.33. The van der Waals surface area contributed by atoms with Crippen LogP contribution in [0.2, 0.25) is 10.0 Å². The van der Waals surface area contributed by atoms with Gasteiger partial charge in [-0.05, 0) is 72.1 Å². The SMILES string of the molecule is CCC(=O)NCC(O)COc1ccc([C@H]2c3[nH]c4ccc(Cl)cc4c3CCN2C(=O)Oc2ccc(Cl)cc2)cc1. The molecule has 2 heterocycles. The number of H-pyrrole nitrogens is 1. The van der Waals surface area contributed by atoms with Gasteiger partial charge in [0.25, 0.3) is 0 Å². The van der Waals surface area contributed by atoms with Crippen LogP contribution in [0.1, 0.15) is 36.2 Å². The van der Waals surface area contributed by atoms with E-state index in [0.29, 0.717) is 40.9 Å². The molecule has 2 amide bonds. The zero-order chi connectivity index (χ0) is 28.2. The maximum absolute atomic E-state index is 13.4. The first-order valence-electron chi connectivity index (χ1n) is 13.0. The molecule has 0 bridgehead atoms. The maximum Gasteiger partial charge on any atom is 0.416 e. The normalized spacial score (nSPS) is 15.4. The molecule has 0 radical (unpaired) electrons. The maximum atomic E-state index is 13.4. The van der Waals surface area contributed by atoms with Crippen LogP contribution in [-0.2, 0) is 11.2 Å². The Balaban J connectivity index is 1.40. The minimum absolute atomic E-state index is 0.0270. The van der Waals surface area contributed by atoms with Crippen LogP contribution in [0.4, 0.5) is 4.79 Å². The molecule has 0 saturated heterocycles. The van der Waals surface area contributed by atoms with Crippen molar-refractivity contribution in [3.05, 3.63) is 93.6 Å². The fourth-order valence-corrected chi connectivity index (χ4v) is 5.12. The predicted molar refractivity (Wildman–Crippen MR) is 154 cm³/mol. The van der Waals surface area contributed by atoms with Gasteiger partial charge in [-0.2, -0.15) is 0 Å². The van der Waals surface area contributed by atoms with E-state index in [1.165, 1.54) is 0 Å². The smallest absolute Gasteiger partial charge is 0.416 e. The molecule has 0 aliphatic carbocycles. The molecule has 40 heavy (non-hydrogen) atoms. The Hall–Kier alpha value is -3.72. The molecular formula is C30H29Cl2N3O5. The van der Waals surface area contributed by atoms with Gasteiger partial charge in [0.1, 0.15) is 30.3 Å². The summed E-state index contributed by atoms with van der Waals surface area (Å²) in [4.78, 5) is 30.1. The number of aliphatic hydroxyl groups is 1. The van der Waals surface area contributed by atoms with Crippen molar-refractivity contribution in [3.63, 3.8) is 0 Å². The van der Waals surface area contributed by atoms with Crippen LogP contribution in [0.15, 0.2) is 66.7 Å². The Kier molecular flexibility index (Phi) is 8.49. The Labute approximate surface area is 241 Å². The summed E-state index contributed by atoms with van der Waals surface area (Å²) in [6.07, 6.45) is -0.333. The van der Waals surface area contributed by atoms with E-state index in [4.69, 9.17) is 32.7 Å². The molecule has 8 nitrogen and oxygen atoms in total. The van der Waals surface area contributed by atoms with Crippen LogP contribution < -0.4 is 14.8 Å². The molecule has 208 valence electrons. The highest BCUT2D eigenvalue weighted by atomic mass is 35.5. The number of amides is 2. The second-order valence-corrected chi connectivity index (χ2v) is 10.4. The Bertz CT molecular complexity index is 1500. The quantitative estimate of drug-likeness (QED) is 0.241. The number of carbonyl (C=O) groups excluding carboxylic acids is 2. The summed E-state index contributed by atoms with van der Waals surface area (Å²) in [5.41, 5.74) is 3.80. The molecule has 0 fully saturated rings. The molecule has 1 aromatic heterocycles. The highest BCUT2D eigenvalue weighted by Gasteiger charge is 2.35.